The Kier molecular flexibility index (Phi) is 4.26. The lowest BCUT2D eigenvalue weighted by Crippen LogP contribution is -2.28. The first-order valence-electron chi connectivity index (χ1n) is 6.27. The number of hydrogen-bond acceptors (Lipinski definition) is 2. The number of rotatable bonds is 2. The van der Waals surface area contributed by atoms with Crippen molar-refractivity contribution in [2.75, 3.05) is 19.7 Å². The Morgan fingerprint density at radius 2 is 1.93 bits per heavy atom. The second-order valence-corrected chi connectivity index (χ2v) is 4.79. The van der Waals surface area contributed by atoms with Gasteiger partial charge in [0, 0.05) is 13.2 Å². The molecular weight excluding hydrogens is 174 g/mol. The lowest BCUT2D eigenvalue weighted by molar-refractivity contribution is 0.0446. The number of hydrogen-bond donors (Lipinski definition) is 1. The Morgan fingerprint density at radius 1 is 1.07 bits per heavy atom. The molecule has 0 aromatic carbocycles. The van der Waals surface area contributed by atoms with Gasteiger partial charge in [0.15, 0.2) is 0 Å². The number of ether oxygens (including phenoxy) is 1. The average Bonchev–Trinajstić information content (AvgIpc) is 2.48. The van der Waals surface area contributed by atoms with Gasteiger partial charge in [0.25, 0.3) is 0 Å². The van der Waals surface area contributed by atoms with Crippen molar-refractivity contribution in [1.29, 1.82) is 0 Å². The summed E-state index contributed by atoms with van der Waals surface area (Å²) >= 11 is 0. The van der Waals surface area contributed by atoms with Crippen LogP contribution in [0.15, 0.2) is 0 Å². The van der Waals surface area contributed by atoms with Crippen LogP contribution < -0.4 is 5.32 Å². The normalized spacial score (nSPS) is 31.3. The molecule has 2 fully saturated rings. The van der Waals surface area contributed by atoms with Crippen LogP contribution in [0.2, 0.25) is 0 Å². The molecule has 2 heteroatoms. The van der Waals surface area contributed by atoms with Crippen LogP contribution in [0.1, 0.15) is 44.9 Å². The molecule has 0 aromatic heterocycles. The third-order valence-corrected chi connectivity index (χ3v) is 3.54. The molecule has 82 valence electrons. The monoisotopic (exact) mass is 197 g/mol. The summed E-state index contributed by atoms with van der Waals surface area (Å²) in [5.74, 6) is 0.952. The molecular formula is C12H23NO. The minimum absolute atomic E-state index is 0.501. The van der Waals surface area contributed by atoms with Crippen LogP contribution in [-0.4, -0.2) is 25.8 Å². The van der Waals surface area contributed by atoms with Crippen molar-refractivity contribution in [1.82, 2.24) is 5.32 Å². The minimum atomic E-state index is 0.501. The molecule has 1 heterocycles. The molecule has 0 bridgehead atoms. The highest BCUT2D eigenvalue weighted by Crippen LogP contribution is 2.28. The van der Waals surface area contributed by atoms with Crippen LogP contribution >= 0.6 is 0 Å². The summed E-state index contributed by atoms with van der Waals surface area (Å²) in [4.78, 5) is 0. The van der Waals surface area contributed by atoms with Crippen molar-refractivity contribution in [3.8, 4) is 0 Å². The molecule has 0 spiro atoms. The van der Waals surface area contributed by atoms with Crippen LogP contribution in [0.5, 0.6) is 0 Å². The summed E-state index contributed by atoms with van der Waals surface area (Å²) in [7, 11) is 0. The maximum Gasteiger partial charge on any atom is 0.0702 e. The van der Waals surface area contributed by atoms with Crippen molar-refractivity contribution in [2.45, 2.75) is 51.0 Å². The van der Waals surface area contributed by atoms with E-state index in [1.807, 2.05) is 0 Å². The second kappa shape index (κ2) is 5.72. The Morgan fingerprint density at radius 3 is 2.79 bits per heavy atom. The van der Waals surface area contributed by atoms with Crippen LogP contribution in [0, 0.1) is 5.92 Å². The fourth-order valence-electron chi connectivity index (χ4n) is 2.72. The van der Waals surface area contributed by atoms with Crippen molar-refractivity contribution >= 4 is 0 Å². The zero-order valence-corrected chi connectivity index (χ0v) is 9.13. The van der Waals surface area contributed by atoms with Gasteiger partial charge >= 0.3 is 0 Å². The Labute approximate surface area is 87.4 Å². The molecule has 0 amide bonds. The highest BCUT2D eigenvalue weighted by Gasteiger charge is 2.20. The van der Waals surface area contributed by atoms with Crippen molar-refractivity contribution < 1.29 is 4.74 Å². The van der Waals surface area contributed by atoms with Gasteiger partial charge in [-0.2, -0.15) is 0 Å². The largest absolute Gasteiger partial charge is 0.377 e. The molecule has 1 saturated heterocycles. The van der Waals surface area contributed by atoms with Crippen molar-refractivity contribution in [3.63, 3.8) is 0 Å². The van der Waals surface area contributed by atoms with Gasteiger partial charge in [-0.3, -0.25) is 0 Å². The maximum atomic E-state index is 5.84. The van der Waals surface area contributed by atoms with E-state index in [1.54, 1.807) is 0 Å². The predicted octanol–water partition coefficient (Wildman–Crippen LogP) is 2.34. The molecule has 0 radical (unpaired) electrons. The molecule has 1 unspecified atom stereocenters. The third kappa shape index (κ3) is 3.25. The Bertz CT molecular complexity index is 146. The van der Waals surface area contributed by atoms with Gasteiger partial charge in [0.05, 0.1) is 6.10 Å². The first-order chi connectivity index (χ1) is 6.95. The molecule has 2 rings (SSSR count). The van der Waals surface area contributed by atoms with Gasteiger partial charge in [-0.25, -0.2) is 0 Å². The fraction of sp³-hybridized carbons (Fsp3) is 1.00. The molecule has 2 nitrogen and oxygen atoms in total. The first-order valence-corrected chi connectivity index (χ1v) is 6.27. The standard InChI is InChI=1S/C12H23NO/c1-2-5-11(6-3-1)9-12-10-13-7-4-8-14-12/h11-13H,1-10H2. The van der Waals surface area contributed by atoms with Crippen molar-refractivity contribution in [2.24, 2.45) is 5.92 Å². The summed E-state index contributed by atoms with van der Waals surface area (Å²) in [6.45, 7) is 3.18. The zero-order valence-electron chi connectivity index (χ0n) is 9.13. The summed E-state index contributed by atoms with van der Waals surface area (Å²) < 4.78 is 5.84. The first kappa shape index (κ1) is 10.4. The quantitative estimate of drug-likeness (QED) is 0.733. The van der Waals surface area contributed by atoms with Gasteiger partial charge in [-0.15, -0.1) is 0 Å². The Hall–Kier alpha value is -0.0800. The lowest BCUT2D eigenvalue weighted by atomic mass is 9.85. The molecule has 1 aliphatic heterocycles. The van der Waals surface area contributed by atoms with Crippen LogP contribution in [0.4, 0.5) is 0 Å². The fourth-order valence-corrected chi connectivity index (χ4v) is 2.72. The van der Waals surface area contributed by atoms with Crippen molar-refractivity contribution in [3.05, 3.63) is 0 Å². The summed E-state index contributed by atoms with van der Waals surface area (Å²) in [5.41, 5.74) is 0. The maximum absolute atomic E-state index is 5.84. The van der Waals surface area contributed by atoms with E-state index in [0.717, 1.165) is 25.6 Å². The van der Waals surface area contributed by atoms with Crippen LogP contribution in [0.25, 0.3) is 0 Å². The number of nitrogens with one attached hydrogen (secondary N) is 1. The molecule has 1 atom stereocenters. The minimum Gasteiger partial charge on any atom is -0.377 e. The second-order valence-electron chi connectivity index (χ2n) is 4.79. The van der Waals surface area contributed by atoms with E-state index in [0.29, 0.717) is 6.10 Å². The highest BCUT2D eigenvalue weighted by atomic mass is 16.5. The third-order valence-electron chi connectivity index (χ3n) is 3.54. The summed E-state index contributed by atoms with van der Waals surface area (Å²) in [5, 5.41) is 3.46. The molecule has 1 aliphatic carbocycles. The van der Waals surface area contributed by atoms with Gasteiger partial charge < -0.3 is 10.1 Å². The summed E-state index contributed by atoms with van der Waals surface area (Å²) in [6, 6.07) is 0. The molecule has 2 aliphatic rings. The molecule has 14 heavy (non-hydrogen) atoms. The van der Waals surface area contributed by atoms with E-state index in [9.17, 15) is 0 Å². The molecule has 1 saturated carbocycles. The molecule has 0 aromatic rings. The van der Waals surface area contributed by atoms with E-state index in [1.165, 1.54) is 44.9 Å². The van der Waals surface area contributed by atoms with Gasteiger partial charge in [0.1, 0.15) is 0 Å². The lowest BCUT2D eigenvalue weighted by Gasteiger charge is -2.25. The van der Waals surface area contributed by atoms with Crippen LogP contribution in [-0.2, 0) is 4.74 Å². The SMILES string of the molecule is C1CCC(CC2CNCCCO2)CC1. The van der Waals surface area contributed by atoms with Gasteiger partial charge in [-0.05, 0) is 25.3 Å². The van der Waals surface area contributed by atoms with E-state index < -0.39 is 0 Å². The Balaban J connectivity index is 1.71. The van der Waals surface area contributed by atoms with E-state index >= 15 is 0 Å². The van der Waals surface area contributed by atoms with Crippen LogP contribution in [0.3, 0.4) is 0 Å². The smallest absolute Gasteiger partial charge is 0.0702 e. The predicted molar refractivity (Wildman–Crippen MR) is 58.4 cm³/mol. The zero-order chi connectivity index (χ0) is 9.64. The molecule has 1 N–H and O–H groups in total. The summed E-state index contributed by atoms with van der Waals surface area (Å²) in [6.07, 6.45) is 10.2. The van der Waals surface area contributed by atoms with Gasteiger partial charge in [0.2, 0.25) is 0 Å². The highest BCUT2D eigenvalue weighted by molar-refractivity contribution is 4.73. The van der Waals surface area contributed by atoms with Gasteiger partial charge in [-0.1, -0.05) is 32.1 Å². The van der Waals surface area contributed by atoms with E-state index in [-0.39, 0.29) is 0 Å². The van der Waals surface area contributed by atoms with E-state index in [4.69, 9.17) is 4.74 Å². The van der Waals surface area contributed by atoms with E-state index in [2.05, 4.69) is 5.32 Å². The average molecular weight is 197 g/mol. The topological polar surface area (TPSA) is 21.3 Å².